The van der Waals surface area contributed by atoms with E-state index in [0.717, 1.165) is 55.2 Å². The molecular weight excluding hydrogens is 576 g/mol. The predicted molar refractivity (Wildman–Crippen MR) is 182 cm³/mol. The smallest absolute Gasteiger partial charge is 0.303 e. The summed E-state index contributed by atoms with van der Waals surface area (Å²) in [7, 11) is 0. The van der Waals surface area contributed by atoms with E-state index in [9.17, 15) is 4.79 Å². The van der Waals surface area contributed by atoms with Crippen LogP contribution in [0.25, 0.3) is 0 Å². The first-order valence-electron chi connectivity index (χ1n) is 17.1. The summed E-state index contributed by atoms with van der Waals surface area (Å²) in [5.41, 5.74) is 3.42. The van der Waals surface area contributed by atoms with Gasteiger partial charge in [-0.1, -0.05) is 129 Å². The van der Waals surface area contributed by atoms with E-state index in [0.29, 0.717) is 32.8 Å². The molecule has 1 N–H and O–H groups in total. The molecule has 0 spiro atoms. The van der Waals surface area contributed by atoms with Crippen LogP contribution in [0.4, 0.5) is 0 Å². The van der Waals surface area contributed by atoms with E-state index in [1.165, 1.54) is 6.42 Å². The standard InChI is InChI=1S/C40H52O6/c1-2-3-9-24-35(43-28-32-18-10-6-11-19-32)31-46-40-36(25-16-4-5-17-26-39(41)42)37(44-29-33-20-12-7-13-21-33)27-38(40)45-30-34-22-14-8-15-23-34/h6-8,10-16,18-23,25,35-38,40H,2-5,9,17,24,26-31H2,1H3,(H,41,42)/t35-,36-,37-,38+,40+/m0/s1. The number of hydrogen-bond donors (Lipinski definition) is 1. The summed E-state index contributed by atoms with van der Waals surface area (Å²) in [5.74, 6) is -0.752. The van der Waals surface area contributed by atoms with Crippen LogP contribution in [0.2, 0.25) is 0 Å². The molecule has 0 aliphatic heterocycles. The monoisotopic (exact) mass is 628 g/mol. The van der Waals surface area contributed by atoms with E-state index in [1.807, 2.05) is 54.6 Å². The molecule has 6 heteroatoms. The van der Waals surface area contributed by atoms with Crippen molar-refractivity contribution in [3.63, 3.8) is 0 Å². The first-order chi connectivity index (χ1) is 22.6. The van der Waals surface area contributed by atoms with Gasteiger partial charge in [-0.25, -0.2) is 0 Å². The molecule has 5 atom stereocenters. The lowest BCUT2D eigenvalue weighted by Gasteiger charge is -2.28. The van der Waals surface area contributed by atoms with Crippen LogP contribution in [0.5, 0.6) is 0 Å². The second-order valence-electron chi connectivity index (χ2n) is 12.3. The summed E-state index contributed by atoms with van der Waals surface area (Å²) < 4.78 is 26.5. The number of aliphatic carboxylic acids is 1. The van der Waals surface area contributed by atoms with Gasteiger partial charge in [-0.15, -0.1) is 0 Å². The van der Waals surface area contributed by atoms with E-state index in [4.69, 9.17) is 24.1 Å². The molecule has 3 aromatic rings. The second kappa shape index (κ2) is 20.8. The molecule has 1 aliphatic rings. The lowest BCUT2D eigenvalue weighted by atomic mass is 10.0. The first kappa shape index (κ1) is 35.6. The van der Waals surface area contributed by atoms with Crippen LogP contribution in [-0.2, 0) is 43.6 Å². The molecule has 3 aromatic carbocycles. The zero-order valence-corrected chi connectivity index (χ0v) is 27.4. The Bertz CT molecular complexity index is 1250. The molecule has 0 amide bonds. The Balaban J connectivity index is 1.49. The fourth-order valence-corrected chi connectivity index (χ4v) is 5.96. The Labute approximate surface area is 275 Å². The number of allylic oxidation sites excluding steroid dienone is 1. The maximum absolute atomic E-state index is 11.0. The Hall–Kier alpha value is -3.29. The lowest BCUT2D eigenvalue weighted by molar-refractivity contribution is -0.137. The molecule has 0 bridgehead atoms. The van der Waals surface area contributed by atoms with Crippen molar-refractivity contribution in [1.82, 2.24) is 0 Å². The van der Waals surface area contributed by atoms with E-state index in [-0.39, 0.29) is 36.8 Å². The average Bonchev–Trinajstić information content (AvgIpc) is 3.42. The van der Waals surface area contributed by atoms with Gasteiger partial charge in [0.1, 0.15) is 0 Å². The maximum atomic E-state index is 11.0. The number of carbonyl (C=O) groups is 1. The Morgan fingerprint density at radius 2 is 1.35 bits per heavy atom. The Morgan fingerprint density at radius 1 is 0.761 bits per heavy atom. The molecule has 1 fully saturated rings. The third-order valence-corrected chi connectivity index (χ3v) is 8.56. The van der Waals surface area contributed by atoms with Gasteiger partial charge in [0.05, 0.1) is 50.8 Å². The molecule has 0 heterocycles. The Kier molecular flexibility index (Phi) is 16.0. The van der Waals surface area contributed by atoms with Gasteiger partial charge in [0.15, 0.2) is 0 Å². The van der Waals surface area contributed by atoms with E-state index in [2.05, 4.69) is 55.5 Å². The number of carboxylic acids is 1. The van der Waals surface area contributed by atoms with Crippen molar-refractivity contribution in [3.05, 3.63) is 120 Å². The fourth-order valence-electron chi connectivity index (χ4n) is 5.96. The summed E-state index contributed by atoms with van der Waals surface area (Å²) in [5, 5.41) is 9.03. The summed E-state index contributed by atoms with van der Waals surface area (Å²) in [6, 6.07) is 30.8. The number of hydrogen-bond acceptors (Lipinski definition) is 5. The van der Waals surface area contributed by atoms with Crippen LogP contribution in [0.15, 0.2) is 103 Å². The zero-order chi connectivity index (χ0) is 32.2. The molecule has 0 aromatic heterocycles. The maximum Gasteiger partial charge on any atom is 0.303 e. The summed E-state index contributed by atoms with van der Waals surface area (Å²) >= 11 is 0. The zero-order valence-electron chi connectivity index (χ0n) is 27.4. The van der Waals surface area contributed by atoms with Gasteiger partial charge in [-0.3, -0.25) is 4.79 Å². The van der Waals surface area contributed by atoms with Crippen LogP contribution in [0, 0.1) is 5.92 Å². The lowest BCUT2D eigenvalue weighted by Crippen LogP contribution is -2.35. The largest absolute Gasteiger partial charge is 0.481 e. The van der Waals surface area contributed by atoms with Crippen LogP contribution < -0.4 is 0 Å². The number of ether oxygens (including phenoxy) is 4. The van der Waals surface area contributed by atoms with Crippen molar-refractivity contribution in [2.24, 2.45) is 5.92 Å². The van der Waals surface area contributed by atoms with E-state index >= 15 is 0 Å². The van der Waals surface area contributed by atoms with Gasteiger partial charge in [0, 0.05) is 18.8 Å². The van der Waals surface area contributed by atoms with Gasteiger partial charge in [0.2, 0.25) is 0 Å². The molecule has 4 rings (SSSR count). The fraction of sp³-hybridized carbons (Fsp3) is 0.475. The molecule has 1 saturated carbocycles. The molecule has 0 saturated heterocycles. The van der Waals surface area contributed by atoms with Crippen molar-refractivity contribution in [2.75, 3.05) is 6.61 Å². The SMILES string of the molecule is CCCCC[C@@H](CO[C@@H]1[C@@H](C=CCCCCC(=O)O)[C@@H](OCc2ccccc2)C[C@H]1OCc1ccccc1)OCc1ccccc1. The molecule has 46 heavy (non-hydrogen) atoms. The molecular formula is C40H52O6. The van der Waals surface area contributed by atoms with Gasteiger partial charge >= 0.3 is 5.97 Å². The minimum Gasteiger partial charge on any atom is -0.481 e. The highest BCUT2D eigenvalue weighted by atomic mass is 16.6. The van der Waals surface area contributed by atoms with Crippen molar-refractivity contribution in [1.29, 1.82) is 0 Å². The van der Waals surface area contributed by atoms with Crippen LogP contribution >= 0.6 is 0 Å². The second-order valence-corrected chi connectivity index (χ2v) is 12.3. The highest BCUT2D eigenvalue weighted by molar-refractivity contribution is 5.66. The van der Waals surface area contributed by atoms with Crippen molar-refractivity contribution < 1.29 is 28.8 Å². The van der Waals surface area contributed by atoms with Crippen molar-refractivity contribution in [2.45, 2.75) is 109 Å². The van der Waals surface area contributed by atoms with Crippen LogP contribution in [-0.4, -0.2) is 42.1 Å². The summed E-state index contributed by atoms with van der Waals surface area (Å²) in [6.45, 7) is 4.29. The molecule has 248 valence electrons. The molecule has 0 unspecified atom stereocenters. The summed E-state index contributed by atoms with van der Waals surface area (Å²) in [4.78, 5) is 11.0. The minimum absolute atomic E-state index is 0.00521. The molecule has 0 radical (unpaired) electrons. The average molecular weight is 629 g/mol. The van der Waals surface area contributed by atoms with Crippen molar-refractivity contribution >= 4 is 5.97 Å². The Morgan fingerprint density at radius 3 is 1.93 bits per heavy atom. The van der Waals surface area contributed by atoms with Crippen LogP contribution in [0.3, 0.4) is 0 Å². The molecule has 1 aliphatic carbocycles. The highest BCUT2D eigenvalue weighted by Gasteiger charge is 2.44. The first-order valence-corrected chi connectivity index (χ1v) is 17.1. The third kappa shape index (κ3) is 12.8. The number of rotatable bonds is 22. The molecule has 6 nitrogen and oxygen atoms in total. The van der Waals surface area contributed by atoms with Crippen LogP contribution in [0.1, 0.15) is 81.4 Å². The highest BCUT2D eigenvalue weighted by Crippen LogP contribution is 2.36. The van der Waals surface area contributed by atoms with Crippen molar-refractivity contribution in [3.8, 4) is 0 Å². The number of benzene rings is 3. The normalized spacial score (nSPS) is 20.3. The quantitative estimate of drug-likeness (QED) is 0.0885. The van der Waals surface area contributed by atoms with Gasteiger partial charge in [-0.05, 0) is 42.4 Å². The van der Waals surface area contributed by atoms with Gasteiger partial charge < -0.3 is 24.1 Å². The topological polar surface area (TPSA) is 74.2 Å². The predicted octanol–water partition coefficient (Wildman–Crippen LogP) is 8.93. The minimum atomic E-state index is -0.746. The van der Waals surface area contributed by atoms with E-state index in [1.54, 1.807) is 0 Å². The number of carboxylic acid groups (broad SMARTS) is 1. The van der Waals surface area contributed by atoms with Gasteiger partial charge in [0.25, 0.3) is 0 Å². The number of unbranched alkanes of at least 4 members (excludes halogenated alkanes) is 4. The summed E-state index contributed by atoms with van der Waals surface area (Å²) in [6.07, 6.45) is 11.6. The van der Waals surface area contributed by atoms with E-state index < -0.39 is 5.97 Å². The third-order valence-electron chi connectivity index (χ3n) is 8.56. The van der Waals surface area contributed by atoms with Gasteiger partial charge in [-0.2, -0.15) is 0 Å².